The van der Waals surface area contributed by atoms with Crippen molar-refractivity contribution in [2.75, 3.05) is 19.6 Å². The highest BCUT2D eigenvalue weighted by Crippen LogP contribution is 2.08. The van der Waals surface area contributed by atoms with Gasteiger partial charge in [0.15, 0.2) is 0 Å². The lowest BCUT2D eigenvalue weighted by molar-refractivity contribution is 0.385. The van der Waals surface area contributed by atoms with E-state index >= 15 is 0 Å². The van der Waals surface area contributed by atoms with Crippen LogP contribution in [0, 0.1) is 0 Å². The molecular weight excluding hydrogens is 208 g/mol. The van der Waals surface area contributed by atoms with Crippen molar-refractivity contribution in [3.05, 3.63) is 0 Å². The van der Waals surface area contributed by atoms with E-state index in [9.17, 15) is 0 Å². The lowest BCUT2D eigenvalue weighted by Crippen LogP contribution is -2.43. The van der Waals surface area contributed by atoms with Crippen molar-refractivity contribution in [1.82, 2.24) is 10.6 Å². The van der Waals surface area contributed by atoms with Gasteiger partial charge in [0.25, 0.3) is 0 Å². The second kappa shape index (κ2) is 11.0. The second-order valence-electron chi connectivity index (χ2n) is 5.47. The van der Waals surface area contributed by atoms with Crippen LogP contribution in [0.4, 0.5) is 0 Å². The minimum Gasteiger partial charge on any atom is -0.315 e. The topological polar surface area (TPSA) is 24.1 Å². The summed E-state index contributed by atoms with van der Waals surface area (Å²) < 4.78 is 0. The van der Waals surface area contributed by atoms with Crippen LogP contribution in [0.15, 0.2) is 0 Å². The largest absolute Gasteiger partial charge is 0.315 e. The number of hydrogen-bond acceptors (Lipinski definition) is 2. The Morgan fingerprint density at radius 2 is 1.71 bits per heavy atom. The summed E-state index contributed by atoms with van der Waals surface area (Å²) in [5.74, 6) is 0. The molecule has 0 amide bonds. The summed E-state index contributed by atoms with van der Waals surface area (Å²) in [5, 5.41) is 7.12. The molecule has 102 valence electrons. The van der Waals surface area contributed by atoms with Gasteiger partial charge >= 0.3 is 0 Å². The highest BCUT2D eigenvalue weighted by molar-refractivity contribution is 4.74. The molecule has 0 aromatic carbocycles. The molecule has 2 heteroatoms. The molecule has 0 bridgehead atoms. The maximum Gasteiger partial charge on any atom is 0.0192 e. The lowest BCUT2D eigenvalue weighted by Gasteiger charge is -2.23. The maximum absolute atomic E-state index is 3.67. The number of rotatable bonds is 10. The van der Waals surface area contributed by atoms with Crippen LogP contribution in [-0.4, -0.2) is 25.7 Å². The van der Waals surface area contributed by atoms with Crippen LogP contribution in [0.2, 0.25) is 0 Å². The Labute approximate surface area is 108 Å². The summed E-state index contributed by atoms with van der Waals surface area (Å²) in [5.41, 5.74) is 0. The fraction of sp³-hybridized carbons (Fsp3) is 1.00. The Hall–Kier alpha value is -0.0800. The zero-order valence-electron chi connectivity index (χ0n) is 11.8. The van der Waals surface area contributed by atoms with E-state index in [1.807, 2.05) is 0 Å². The van der Waals surface area contributed by atoms with Crippen molar-refractivity contribution >= 4 is 0 Å². The van der Waals surface area contributed by atoms with Crippen LogP contribution in [0.25, 0.3) is 0 Å². The first-order valence-electron chi connectivity index (χ1n) is 7.87. The predicted molar refractivity (Wildman–Crippen MR) is 76.5 cm³/mol. The SMILES string of the molecule is CCCCCCCCCCNC1CCCNC1. The minimum atomic E-state index is 0.744. The fourth-order valence-electron chi connectivity index (χ4n) is 2.59. The van der Waals surface area contributed by atoms with Gasteiger partial charge < -0.3 is 10.6 Å². The smallest absolute Gasteiger partial charge is 0.0192 e. The van der Waals surface area contributed by atoms with Crippen molar-refractivity contribution in [3.63, 3.8) is 0 Å². The zero-order valence-corrected chi connectivity index (χ0v) is 11.8. The van der Waals surface area contributed by atoms with Gasteiger partial charge in [-0.25, -0.2) is 0 Å². The van der Waals surface area contributed by atoms with Gasteiger partial charge in [-0.3, -0.25) is 0 Å². The molecule has 1 atom stereocenters. The van der Waals surface area contributed by atoms with Gasteiger partial charge in [0.1, 0.15) is 0 Å². The Bertz CT molecular complexity index is 153. The first-order valence-corrected chi connectivity index (χ1v) is 7.87. The average Bonchev–Trinajstić information content (AvgIpc) is 2.38. The third kappa shape index (κ3) is 8.62. The van der Waals surface area contributed by atoms with E-state index in [4.69, 9.17) is 0 Å². The molecule has 0 aromatic rings. The van der Waals surface area contributed by atoms with E-state index in [2.05, 4.69) is 17.6 Å². The lowest BCUT2D eigenvalue weighted by atomic mass is 10.1. The molecule has 1 rings (SSSR count). The van der Waals surface area contributed by atoms with E-state index in [1.165, 1.54) is 83.8 Å². The van der Waals surface area contributed by atoms with E-state index in [0.717, 1.165) is 6.04 Å². The maximum atomic E-state index is 3.67. The quantitative estimate of drug-likeness (QED) is 0.571. The van der Waals surface area contributed by atoms with Gasteiger partial charge in [-0.15, -0.1) is 0 Å². The molecule has 1 aliphatic rings. The molecule has 1 unspecified atom stereocenters. The van der Waals surface area contributed by atoms with E-state index < -0.39 is 0 Å². The standard InChI is InChI=1S/C15H32N2/c1-2-3-4-5-6-7-8-9-13-17-15-11-10-12-16-14-15/h15-17H,2-14H2,1H3. The second-order valence-corrected chi connectivity index (χ2v) is 5.47. The highest BCUT2D eigenvalue weighted by atomic mass is 15.0. The molecule has 17 heavy (non-hydrogen) atoms. The zero-order chi connectivity index (χ0) is 12.2. The molecule has 0 saturated carbocycles. The normalized spacial score (nSPS) is 20.6. The summed E-state index contributed by atoms with van der Waals surface area (Å²) in [4.78, 5) is 0. The Morgan fingerprint density at radius 3 is 2.35 bits per heavy atom. The van der Waals surface area contributed by atoms with Gasteiger partial charge in [-0.05, 0) is 32.4 Å². The number of nitrogens with one attached hydrogen (secondary N) is 2. The molecule has 1 fully saturated rings. The molecule has 1 heterocycles. The summed E-state index contributed by atoms with van der Waals surface area (Å²) in [6.45, 7) is 5.90. The third-order valence-electron chi connectivity index (χ3n) is 3.76. The predicted octanol–water partition coefficient (Wildman–Crippen LogP) is 3.47. The van der Waals surface area contributed by atoms with Crippen LogP contribution < -0.4 is 10.6 Å². The van der Waals surface area contributed by atoms with Crippen molar-refractivity contribution in [2.24, 2.45) is 0 Å². The van der Waals surface area contributed by atoms with Crippen molar-refractivity contribution in [2.45, 2.75) is 77.2 Å². The molecule has 0 spiro atoms. The van der Waals surface area contributed by atoms with Gasteiger partial charge in [0.05, 0.1) is 0 Å². The summed E-state index contributed by atoms with van der Waals surface area (Å²) in [6.07, 6.45) is 14.1. The highest BCUT2D eigenvalue weighted by Gasteiger charge is 2.10. The minimum absolute atomic E-state index is 0.744. The fourth-order valence-corrected chi connectivity index (χ4v) is 2.59. The molecule has 1 aliphatic heterocycles. The van der Waals surface area contributed by atoms with Crippen LogP contribution in [0.3, 0.4) is 0 Å². The van der Waals surface area contributed by atoms with Crippen LogP contribution >= 0.6 is 0 Å². The molecule has 0 radical (unpaired) electrons. The van der Waals surface area contributed by atoms with Crippen LogP contribution in [-0.2, 0) is 0 Å². The monoisotopic (exact) mass is 240 g/mol. The number of hydrogen-bond donors (Lipinski definition) is 2. The molecule has 0 aromatic heterocycles. The Morgan fingerprint density at radius 1 is 1.00 bits per heavy atom. The van der Waals surface area contributed by atoms with E-state index in [-0.39, 0.29) is 0 Å². The van der Waals surface area contributed by atoms with Gasteiger partial charge in [0.2, 0.25) is 0 Å². The van der Waals surface area contributed by atoms with Crippen molar-refractivity contribution in [1.29, 1.82) is 0 Å². The Balaban J connectivity index is 1.75. The summed E-state index contributed by atoms with van der Waals surface area (Å²) in [7, 11) is 0. The molecular formula is C15H32N2. The molecule has 1 saturated heterocycles. The third-order valence-corrected chi connectivity index (χ3v) is 3.76. The van der Waals surface area contributed by atoms with Gasteiger partial charge in [-0.2, -0.15) is 0 Å². The van der Waals surface area contributed by atoms with Crippen LogP contribution in [0.5, 0.6) is 0 Å². The molecule has 2 N–H and O–H groups in total. The summed E-state index contributed by atoms with van der Waals surface area (Å²) in [6, 6.07) is 0.744. The van der Waals surface area contributed by atoms with E-state index in [1.54, 1.807) is 0 Å². The van der Waals surface area contributed by atoms with Gasteiger partial charge in [-0.1, -0.05) is 51.9 Å². The first-order chi connectivity index (χ1) is 8.43. The first kappa shape index (κ1) is 15.0. The van der Waals surface area contributed by atoms with Crippen LogP contribution in [0.1, 0.15) is 71.1 Å². The van der Waals surface area contributed by atoms with E-state index in [0.29, 0.717) is 0 Å². The Kier molecular flexibility index (Phi) is 9.72. The van der Waals surface area contributed by atoms with Gasteiger partial charge in [0, 0.05) is 12.6 Å². The molecule has 0 aliphatic carbocycles. The van der Waals surface area contributed by atoms with Crippen molar-refractivity contribution < 1.29 is 0 Å². The number of piperidine rings is 1. The average molecular weight is 240 g/mol. The van der Waals surface area contributed by atoms with Crippen molar-refractivity contribution in [3.8, 4) is 0 Å². The molecule has 2 nitrogen and oxygen atoms in total. The summed E-state index contributed by atoms with van der Waals surface area (Å²) >= 11 is 0. The number of unbranched alkanes of at least 4 members (excludes halogenated alkanes) is 7.